The lowest BCUT2D eigenvalue weighted by molar-refractivity contribution is 0.324. The number of methoxy groups -OCH3 is 3. The van der Waals surface area contributed by atoms with Crippen LogP contribution in [0.1, 0.15) is 10.9 Å². The summed E-state index contributed by atoms with van der Waals surface area (Å²) in [5.41, 5.74) is 2.24. The Morgan fingerprint density at radius 2 is 1.57 bits per heavy atom. The molecule has 23 heavy (non-hydrogen) atoms. The minimum atomic E-state index is 0.194. The van der Waals surface area contributed by atoms with Gasteiger partial charge < -0.3 is 19.1 Å². The molecule has 0 aromatic heterocycles. The largest absolute Gasteiger partial charge is 0.493 e. The first-order valence-corrected chi connectivity index (χ1v) is 8.18. The second kappa shape index (κ2) is 6.87. The van der Waals surface area contributed by atoms with Crippen LogP contribution in [-0.2, 0) is 0 Å². The van der Waals surface area contributed by atoms with E-state index in [-0.39, 0.29) is 5.37 Å². The van der Waals surface area contributed by atoms with E-state index in [0.29, 0.717) is 17.2 Å². The third kappa shape index (κ3) is 2.97. The first-order chi connectivity index (χ1) is 11.3. The van der Waals surface area contributed by atoms with Crippen molar-refractivity contribution in [3.8, 4) is 17.2 Å². The molecule has 1 aliphatic heterocycles. The van der Waals surface area contributed by atoms with E-state index in [9.17, 15) is 0 Å². The second-order valence-corrected chi connectivity index (χ2v) is 5.97. The Bertz CT molecular complexity index is 678. The molecular formula is C18H19NO3S. The first-order valence-electron chi connectivity index (χ1n) is 7.24. The van der Waals surface area contributed by atoms with Gasteiger partial charge >= 0.3 is 0 Å². The molecule has 1 atom stereocenters. The van der Waals surface area contributed by atoms with Gasteiger partial charge in [0.25, 0.3) is 0 Å². The number of benzene rings is 2. The monoisotopic (exact) mass is 329 g/mol. The molecule has 1 unspecified atom stereocenters. The Morgan fingerprint density at radius 3 is 2.13 bits per heavy atom. The summed E-state index contributed by atoms with van der Waals surface area (Å²) in [4.78, 5) is 2.20. The highest BCUT2D eigenvalue weighted by atomic mass is 32.2. The minimum Gasteiger partial charge on any atom is -0.493 e. The Labute approximate surface area is 140 Å². The molecule has 3 rings (SSSR count). The second-order valence-electron chi connectivity index (χ2n) is 4.98. The van der Waals surface area contributed by atoms with Gasteiger partial charge in [-0.15, -0.1) is 11.8 Å². The van der Waals surface area contributed by atoms with Gasteiger partial charge in [-0.05, 0) is 11.0 Å². The van der Waals surface area contributed by atoms with E-state index in [2.05, 4.69) is 40.8 Å². The number of hydrogen-bond acceptors (Lipinski definition) is 5. The molecule has 1 aliphatic rings. The molecule has 0 saturated carbocycles. The third-order valence-electron chi connectivity index (χ3n) is 3.71. The molecule has 0 fully saturated rings. The van der Waals surface area contributed by atoms with Crippen molar-refractivity contribution in [1.82, 2.24) is 0 Å². The summed E-state index contributed by atoms with van der Waals surface area (Å²) in [6, 6.07) is 14.3. The van der Waals surface area contributed by atoms with Gasteiger partial charge in [-0.3, -0.25) is 0 Å². The predicted molar refractivity (Wildman–Crippen MR) is 94.5 cm³/mol. The van der Waals surface area contributed by atoms with Crippen molar-refractivity contribution in [3.63, 3.8) is 0 Å². The molecule has 0 aliphatic carbocycles. The number of thioether (sulfide) groups is 1. The van der Waals surface area contributed by atoms with Crippen LogP contribution in [0.5, 0.6) is 17.2 Å². The molecular weight excluding hydrogens is 310 g/mol. The summed E-state index contributed by atoms with van der Waals surface area (Å²) in [6.45, 7) is 0. The van der Waals surface area contributed by atoms with Crippen LogP contribution >= 0.6 is 11.8 Å². The molecule has 2 aromatic carbocycles. The highest BCUT2D eigenvalue weighted by Gasteiger charge is 2.25. The van der Waals surface area contributed by atoms with Crippen molar-refractivity contribution in [2.75, 3.05) is 26.2 Å². The summed E-state index contributed by atoms with van der Waals surface area (Å²) in [5, 5.41) is 2.29. The molecule has 0 spiro atoms. The SMILES string of the molecule is COc1cc(N2C=CSC2c2ccccc2)cc(OC)c1OC. The summed E-state index contributed by atoms with van der Waals surface area (Å²) in [6.07, 6.45) is 2.07. The maximum atomic E-state index is 5.46. The molecule has 0 radical (unpaired) electrons. The highest BCUT2D eigenvalue weighted by molar-refractivity contribution is 8.02. The van der Waals surface area contributed by atoms with Gasteiger partial charge in [0.05, 0.1) is 21.3 Å². The van der Waals surface area contributed by atoms with Crippen molar-refractivity contribution >= 4 is 17.4 Å². The maximum Gasteiger partial charge on any atom is 0.203 e. The molecule has 0 saturated heterocycles. The van der Waals surface area contributed by atoms with Crippen molar-refractivity contribution in [2.24, 2.45) is 0 Å². The van der Waals surface area contributed by atoms with E-state index in [1.54, 1.807) is 33.1 Å². The quantitative estimate of drug-likeness (QED) is 0.809. The van der Waals surface area contributed by atoms with E-state index in [1.165, 1.54) is 5.56 Å². The normalized spacial score (nSPS) is 16.5. The van der Waals surface area contributed by atoms with Gasteiger partial charge in [0.15, 0.2) is 11.5 Å². The average Bonchev–Trinajstić information content (AvgIpc) is 3.10. The average molecular weight is 329 g/mol. The lowest BCUT2D eigenvalue weighted by Crippen LogP contribution is -2.17. The lowest BCUT2D eigenvalue weighted by Gasteiger charge is -2.26. The standard InChI is InChI=1S/C18H19NO3S/c1-20-15-11-14(12-16(21-2)17(15)22-3)19-9-10-23-18(19)13-7-5-4-6-8-13/h4-12,18H,1-3H3. The Hall–Kier alpha value is -2.27. The number of rotatable bonds is 5. The number of hydrogen-bond donors (Lipinski definition) is 0. The molecule has 0 N–H and O–H groups in total. The molecule has 120 valence electrons. The van der Waals surface area contributed by atoms with Crippen molar-refractivity contribution in [2.45, 2.75) is 5.37 Å². The fourth-order valence-corrected chi connectivity index (χ4v) is 3.60. The number of nitrogens with zero attached hydrogens (tertiary/aromatic N) is 1. The zero-order valence-electron chi connectivity index (χ0n) is 13.4. The van der Waals surface area contributed by atoms with Crippen molar-refractivity contribution in [3.05, 3.63) is 59.6 Å². The molecule has 0 amide bonds. The van der Waals surface area contributed by atoms with Crippen molar-refractivity contribution in [1.29, 1.82) is 0 Å². The Morgan fingerprint density at radius 1 is 0.913 bits per heavy atom. The summed E-state index contributed by atoms with van der Waals surface area (Å²) >= 11 is 1.77. The molecule has 2 aromatic rings. The summed E-state index contributed by atoms with van der Waals surface area (Å²) in [7, 11) is 4.87. The van der Waals surface area contributed by atoms with Crippen molar-refractivity contribution < 1.29 is 14.2 Å². The maximum absolute atomic E-state index is 5.46. The molecule has 1 heterocycles. The van der Waals surface area contributed by atoms with Crippen LogP contribution in [-0.4, -0.2) is 21.3 Å². The van der Waals surface area contributed by atoms with E-state index >= 15 is 0 Å². The van der Waals surface area contributed by atoms with Gasteiger partial charge in [-0.1, -0.05) is 30.3 Å². The topological polar surface area (TPSA) is 30.9 Å². The Kier molecular flexibility index (Phi) is 4.67. The van der Waals surface area contributed by atoms with Gasteiger partial charge in [0.2, 0.25) is 5.75 Å². The van der Waals surface area contributed by atoms with Crippen LogP contribution in [0, 0.1) is 0 Å². The number of ether oxygens (including phenoxy) is 3. The van der Waals surface area contributed by atoms with E-state index in [1.807, 2.05) is 18.2 Å². The summed E-state index contributed by atoms with van der Waals surface area (Å²) < 4.78 is 16.3. The van der Waals surface area contributed by atoms with Crippen LogP contribution in [0.15, 0.2) is 54.1 Å². The number of anilines is 1. The van der Waals surface area contributed by atoms with E-state index in [4.69, 9.17) is 14.2 Å². The molecule has 0 bridgehead atoms. The smallest absolute Gasteiger partial charge is 0.203 e. The van der Waals surface area contributed by atoms with Gasteiger partial charge in [-0.25, -0.2) is 0 Å². The van der Waals surface area contributed by atoms with Gasteiger partial charge in [-0.2, -0.15) is 0 Å². The summed E-state index contributed by atoms with van der Waals surface area (Å²) in [5.74, 6) is 1.91. The van der Waals surface area contributed by atoms with Gasteiger partial charge in [0.1, 0.15) is 5.37 Å². The zero-order valence-corrected chi connectivity index (χ0v) is 14.2. The fraction of sp³-hybridized carbons (Fsp3) is 0.222. The van der Waals surface area contributed by atoms with E-state index < -0.39 is 0 Å². The van der Waals surface area contributed by atoms with Gasteiger partial charge in [0, 0.05) is 24.0 Å². The van der Waals surface area contributed by atoms with Crippen LogP contribution in [0.2, 0.25) is 0 Å². The van der Waals surface area contributed by atoms with Crippen LogP contribution < -0.4 is 19.1 Å². The molecule has 5 heteroatoms. The molecule has 4 nitrogen and oxygen atoms in total. The fourth-order valence-electron chi connectivity index (χ4n) is 2.61. The first kappa shape index (κ1) is 15.6. The third-order valence-corrected chi connectivity index (χ3v) is 4.75. The lowest BCUT2D eigenvalue weighted by atomic mass is 10.2. The Balaban J connectivity index is 2.02. The van der Waals surface area contributed by atoms with Crippen LogP contribution in [0.3, 0.4) is 0 Å². The highest BCUT2D eigenvalue weighted by Crippen LogP contribution is 2.47. The zero-order chi connectivity index (χ0) is 16.2. The minimum absolute atomic E-state index is 0.194. The van der Waals surface area contributed by atoms with Crippen LogP contribution in [0.25, 0.3) is 0 Å². The van der Waals surface area contributed by atoms with Crippen LogP contribution in [0.4, 0.5) is 5.69 Å². The predicted octanol–water partition coefficient (Wildman–Crippen LogP) is 4.44. The van der Waals surface area contributed by atoms with E-state index in [0.717, 1.165) is 5.69 Å².